The van der Waals surface area contributed by atoms with E-state index in [2.05, 4.69) is 5.32 Å². The molecule has 1 fully saturated rings. The molecule has 1 saturated heterocycles. The van der Waals surface area contributed by atoms with Gasteiger partial charge in [0.1, 0.15) is 12.0 Å². The second-order valence-electron chi connectivity index (χ2n) is 4.14. The molecular weight excluding hydrogens is 202 g/mol. The molecule has 86 valence electrons. The molecule has 16 heavy (non-hydrogen) atoms. The molecule has 2 rings (SSSR count). The molecule has 1 aliphatic rings. The van der Waals surface area contributed by atoms with Crippen LogP contribution in [0, 0.1) is 0 Å². The lowest BCUT2D eigenvalue weighted by atomic mass is 9.89. The van der Waals surface area contributed by atoms with Gasteiger partial charge in [-0.2, -0.15) is 0 Å². The van der Waals surface area contributed by atoms with E-state index in [9.17, 15) is 4.79 Å². The van der Waals surface area contributed by atoms with Crippen LogP contribution < -0.4 is 10.1 Å². The lowest BCUT2D eigenvalue weighted by Crippen LogP contribution is -2.26. The van der Waals surface area contributed by atoms with Crippen molar-refractivity contribution in [1.29, 1.82) is 0 Å². The van der Waals surface area contributed by atoms with Crippen LogP contribution >= 0.6 is 0 Å². The van der Waals surface area contributed by atoms with E-state index in [1.54, 1.807) is 13.2 Å². The van der Waals surface area contributed by atoms with Crippen molar-refractivity contribution in [3.05, 3.63) is 29.3 Å². The summed E-state index contributed by atoms with van der Waals surface area (Å²) in [7, 11) is 1.68. The van der Waals surface area contributed by atoms with Gasteiger partial charge in [-0.1, -0.05) is 0 Å². The van der Waals surface area contributed by atoms with Crippen molar-refractivity contribution in [2.75, 3.05) is 20.2 Å². The third kappa shape index (κ3) is 2.25. The topological polar surface area (TPSA) is 38.3 Å². The van der Waals surface area contributed by atoms with Gasteiger partial charge in [-0.05, 0) is 55.6 Å². The number of carbonyl (C=O) groups is 1. The number of nitrogens with one attached hydrogen (secondary N) is 1. The van der Waals surface area contributed by atoms with Crippen molar-refractivity contribution in [3.63, 3.8) is 0 Å². The summed E-state index contributed by atoms with van der Waals surface area (Å²) in [6.07, 6.45) is 3.11. The smallest absolute Gasteiger partial charge is 0.150 e. The van der Waals surface area contributed by atoms with Crippen molar-refractivity contribution < 1.29 is 9.53 Å². The highest BCUT2D eigenvalue weighted by atomic mass is 16.5. The van der Waals surface area contributed by atoms with Gasteiger partial charge in [-0.25, -0.2) is 0 Å². The quantitative estimate of drug-likeness (QED) is 0.790. The Morgan fingerprint density at radius 2 is 2.12 bits per heavy atom. The first-order valence-electron chi connectivity index (χ1n) is 5.69. The fraction of sp³-hybridized carbons (Fsp3) is 0.462. The lowest BCUT2D eigenvalue weighted by molar-refractivity contribution is 0.112. The van der Waals surface area contributed by atoms with E-state index in [4.69, 9.17) is 4.74 Å². The number of benzene rings is 1. The zero-order valence-corrected chi connectivity index (χ0v) is 9.53. The third-order valence-corrected chi connectivity index (χ3v) is 3.17. The zero-order chi connectivity index (χ0) is 11.4. The van der Waals surface area contributed by atoms with Gasteiger partial charge in [0, 0.05) is 5.56 Å². The standard InChI is InChI=1S/C13H17NO2/c1-16-13-3-2-10(9-15)8-12(13)11-4-6-14-7-5-11/h2-3,8-9,11,14H,4-7H2,1H3. The van der Waals surface area contributed by atoms with Crippen LogP contribution in [0.15, 0.2) is 18.2 Å². The van der Waals surface area contributed by atoms with Gasteiger partial charge in [-0.3, -0.25) is 4.79 Å². The minimum absolute atomic E-state index is 0.510. The number of methoxy groups -OCH3 is 1. The fourth-order valence-electron chi connectivity index (χ4n) is 2.28. The van der Waals surface area contributed by atoms with Crippen LogP contribution in [-0.4, -0.2) is 26.5 Å². The molecule has 0 amide bonds. The average Bonchev–Trinajstić information content (AvgIpc) is 2.39. The Morgan fingerprint density at radius 1 is 1.38 bits per heavy atom. The first-order valence-corrected chi connectivity index (χ1v) is 5.69. The van der Waals surface area contributed by atoms with Crippen molar-refractivity contribution in [1.82, 2.24) is 5.32 Å². The van der Waals surface area contributed by atoms with Crippen LogP contribution in [0.2, 0.25) is 0 Å². The van der Waals surface area contributed by atoms with Crippen LogP contribution in [-0.2, 0) is 0 Å². The molecule has 0 unspecified atom stereocenters. The first kappa shape index (κ1) is 11.1. The van der Waals surface area contributed by atoms with Crippen molar-refractivity contribution in [2.45, 2.75) is 18.8 Å². The van der Waals surface area contributed by atoms with Crippen LogP contribution in [0.25, 0.3) is 0 Å². The van der Waals surface area contributed by atoms with E-state index < -0.39 is 0 Å². The van der Waals surface area contributed by atoms with Crippen LogP contribution in [0.4, 0.5) is 0 Å². The van der Waals surface area contributed by atoms with Gasteiger partial charge in [0.15, 0.2) is 0 Å². The summed E-state index contributed by atoms with van der Waals surface area (Å²) >= 11 is 0. The van der Waals surface area contributed by atoms with Crippen LogP contribution in [0.1, 0.15) is 34.7 Å². The summed E-state index contributed by atoms with van der Waals surface area (Å²) in [5, 5.41) is 3.34. The predicted octanol–water partition coefficient (Wildman–Crippen LogP) is 1.97. The summed E-state index contributed by atoms with van der Waals surface area (Å²) in [5.74, 6) is 1.41. The molecule has 0 spiro atoms. The van der Waals surface area contributed by atoms with Gasteiger partial charge in [0.05, 0.1) is 7.11 Å². The van der Waals surface area contributed by atoms with E-state index in [0.717, 1.165) is 43.5 Å². The van der Waals surface area contributed by atoms with Crippen molar-refractivity contribution >= 4 is 6.29 Å². The molecule has 3 nitrogen and oxygen atoms in total. The Bertz CT molecular complexity index is 370. The van der Waals surface area contributed by atoms with Gasteiger partial charge in [-0.15, -0.1) is 0 Å². The van der Waals surface area contributed by atoms with Crippen molar-refractivity contribution in [2.24, 2.45) is 0 Å². The molecule has 3 heteroatoms. The Morgan fingerprint density at radius 3 is 2.75 bits per heavy atom. The van der Waals surface area contributed by atoms with E-state index >= 15 is 0 Å². The van der Waals surface area contributed by atoms with Gasteiger partial charge < -0.3 is 10.1 Å². The Kier molecular flexibility index (Phi) is 3.57. The summed E-state index contributed by atoms with van der Waals surface area (Å²) < 4.78 is 5.36. The van der Waals surface area contributed by atoms with Crippen molar-refractivity contribution in [3.8, 4) is 5.75 Å². The highest BCUT2D eigenvalue weighted by molar-refractivity contribution is 5.75. The molecule has 1 aromatic rings. The Balaban J connectivity index is 2.31. The minimum atomic E-state index is 0.510. The number of hydrogen-bond donors (Lipinski definition) is 1. The Labute approximate surface area is 95.8 Å². The summed E-state index contributed by atoms with van der Waals surface area (Å²) in [4.78, 5) is 10.8. The van der Waals surface area contributed by atoms with Crippen LogP contribution in [0.5, 0.6) is 5.75 Å². The highest BCUT2D eigenvalue weighted by Gasteiger charge is 2.19. The Hall–Kier alpha value is -1.35. The predicted molar refractivity (Wildman–Crippen MR) is 63.2 cm³/mol. The maximum atomic E-state index is 10.8. The SMILES string of the molecule is COc1ccc(C=O)cc1C1CCNCC1. The summed E-state index contributed by atoms with van der Waals surface area (Å²) in [6.45, 7) is 2.08. The maximum absolute atomic E-state index is 10.8. The minimum Gasteiger partial charge on any atom is -0.496 e. The third-order valence-electron chi connectivity index (χ3n) is 3.17. The summed E-state index contributed by atoms with van der Waals surface area (Å²) in [5.41, 5.74) is 1.91. The fourth-order valence-corrected chi connectivity index (χ4v) is 2.28. The second kappa shape index (κ2) is 5.12. The molecule has 1 heterocycles. The van der Waals surface area contributed by atoms with E-state index in [0.29, 0.717) is 5.92 Å². The molecule has 0 bridgehead atoms. The number of aldehydes is 1. The molecule has 1 aromatic carbocycles. The molecule has 1 aliphatic heterocycles. The van der Waals surface area contributed by atoms with E-state index in [1.807, 2.05) is 12.1 Å². The van der Waals surface area contributed by atoms with Gasteiger partial charge in [0.2, 0.25) is 0 Å². The molecular formula is C13H17NO2. The van der Waals surface area contributed by atoms with Gasteiger partial charge in [0.25, 0.3) is 0 Å². The molecule has 0 aliphatic carbocycles. The number of ether oxygens (including phenoxy) is 1. The number of piperidine rings is 1. The van der Waals surface area contributed by atoms with Gasteiger partial charge >= 0.3 is 0 Å². The second-order valence-corrected chi connectivity index (χ2v) is 4.14. The molecule has 0 atom stereocenters. The van der Waals surface area contributed by atoms with E-state index in [-0.39, 0.29) is 0 Å². The maximum Gasteiger partial charge on any atom is 0.150 e. The average molecular weight is 219 g/mol. The molecule has 0 radical (unpaired) electrons. The molecule has 1 N–H and O–H groups in total. The molecule has 0 saturated carbocycles. The summed E-state index contributed by atoms with van der Waals surface area (Å²) in [6, 6.07) is 5.65. The largest absolute Gasteiger partial charge is 0.496 e. The number of rotatable bonds is 3. The number of hydrogen-bond acceptors (Lipinski definition) is 3. The zero-order valence-electron chi connectivity index (χ0n) is 9.53. The first-order chi connectivity index (χ1) is 7.85. The highest BCUT2D eigenvalue weighted by Crippen LogP contribution is 2.32. The monoisotopic (exact) mass is 219 g/mol. The van der Waals surface area contributed by atoms with E-state index in [1.165, 1.54) is 5.56 Å². The normalized spacial score (nSPS) is 17.1. The molecule has 0 aromatic heterocycles. The number of carbonyl (C=O) groups excluding carboxylic acids is 1. The lowest BCUT2D eigenvalue weighted by Gasteiger charge is -2.24. The van der Waals surface area contributed by atoms with Crippen LogP contribution in [0.3, 0.4) is 0 Å².